The van der Waals surface area contributed by atoms with Crippen molar-refractivity contribution in [2.45, 2.75) is 52.3 Å². The van der Waals surface area contributed by atoms with Crippen LogP contribution in [0.15, 0.2) is 30.4 Å². The summed E-state index contributed by atoms with van der Waals surface area (Å²) in [6.45, 7) is 7.97. The number of rotatable bonds is 8. The van der Waals surface area contributed by atoms with Gasteiger partial charge in [-0.2, -0.15) is 0 Å². The number of carbonyl (C=O) groups is 3. The lowest BCUT2D eigenvalue weighted by atomic mass is 10.1. The number of carboxylic acid groups (broad SMARTS) is 2. The predicted molar refractivity (Wildman–Crippen MR) is 115 cm³/mol. The molecule has 0 spiro atoms. The average molecular weight is 454 g/mol. The molecule has 3 N–H and O–H groups in total. The number of carbonyl (C=O) groups excluding carboxylic acids is 1. The highest BCUT2D eigenvalue weighted by molar-refractivity contribution is 5.89. The monoisotopic (exact) mass is 454 g/mol. The maximum Gasteiger partial charge on any atom is 0.410 e. The molecule has 1 aromatic rings. The Labute approximate surface area is 186 Å². The highest BCUT2D eigenvalue weighted by atomic mass is 19.1. The van der Waals surface area contributed by atoms with Crippen LogP contribution in [0.4, 0.5) is 9.18 Å². The maximum absolute atomic E-state index is 13.9. The normalized spacial score (nSPS) is 17.9. The van der Waals surface area contributed by atoms with Crippen LogP contribution >= 0.6 is 0 Å². The van der Waals surface area contributed by atoms with Crippen LogP contribution in [0.25, 0.3) is 0 Å². The van der Waals surface area contributed by atoms with Crippen molar-refractivity contribution >= 4 is 18.0 Å². The Kier molecular flexibility index (Phi) is 11.8. The fraction of sp³-hybridized carbons (Fsp3) is 0.500. The number of ether oxygens (including phenoxy) is 2. The zero-order chi connectivity index (χ0) is 24.1. The van der Waals surface area contributed by atoms with E-state index in [1.807, 2.05) is 13.8 Å². The van der Waals surface area contributed by atoms with Crippen LogP contribution in [0, 0.1) is 5.82 Å². The molecule has 0 aliphatic carbocycles. The number of amides is 1. The molecule has 10 heteroatoms. The van der Waals surface area contributed by atoms with E-state index in [4.69, 9.17) is 19.7 Å². The minimum absolute atomic E-state index is 0.0507. The van der Waals surface area contributed by atoms with Crippen molar-refractivity contribution in [2.75, 3.05) is 19.7 Å². The minimum atomic E-state index is -1.26. The molecule has 1 amide bonds. The fourth-order valence-electron chi connectivity index (χ4n) is 2.93. The lowest BCUT2D eigenvalue weighted by Gasteiger charge is -2.38. The van der Waals surface area contributed by atoms with Crippen LogP contribution in [0.1, 0.15) is 39.2 Å². The summed E-state index contributed by atoms with van der Waals surface area (Å²) in [5.74, 6) is -2.31. The molecule has 32 heavy (non-hydrogen) atoms. The summed E-state index contributed by atoms with van der Waals surface area (Å²) < 4.78 is 24.8. The van der Waals surface area contributed by atoms with E-state index in [9.17, 15) is 18.8 Å². The van der Waals surface area contributed by atoms with Gasteiger partial charge >= 0.3 is 18.0 Å². The number of carboxylic acids is 2. The number of unbranched alkanes of at least 4 members (excludes halogenated alkanes) is 1. The Bertz CT molecular complexity index is 774. The molecule has 1 aliphatic rings. The van der Waals surface area contributed by atoms with E-state index in [1.54, 1.807) is 17.0 Å². The SMILES string of the molecule is CCCCOc1ccc(F)c(COC(=O)N2[C@H](C)CNC[C@@H]2C)c1.O=C(O)/C=C/C(=O)O. The third kappa shape index (κ3) is 9.78. The van der Waals surface area contributed by atoms with Crippen LogP contribution in [0.5, 0.6) is 5.75 Å². The molecule has 2 rings (SSSR count). The molecule has 0 saturated carbocycles. The third-order valence-electron chi connectivity index (χ3n) is 4.54. The Morgan fingerprint density at radius 1 is 1.16 bits per heavy atom. The average Bonchev–Trinajstić information content (AvgIpc) is 2.73. The van der Waals surface area contributed by atoms with Crippen molar-refractivity contribution in [1.29, 1.82) is 0 Å². The zero-order valence-corrected chi connectivity index (χ0v) is 18.5. The number of hydrogen-bond acceptors (Lipinski definition) is 6. The molecule has 2 atom stereocenters. The standard InChI is InChI=1S/C18H27FN2O3.C4H4O4/c1-4-5-8-23-16-6-7-17(19)15(9-16)12-24-18(22)21-13(2)10-20-11-14(21)3;5-3(6)1-2-4(7)8/h6-7,9,13-14,20H,4-5,8,10-12H2,1-3H3;1-2H,(H,5,6)(H,7,8)/b;2-1+/t13-,14+;. The van der Waals surface area contributed by atoms with E-state index < -0.39 is 23.8 Å². The second-order valence-electron chi connectivity index (χ2n) is 7.28. The van der Waals surface area contributed by atoms with Crippen molar-refractivity contribution in [3.8, 4) is 5.75 Å². The predicted octanol–water partition coefficient (Wildman–Crippen LogP) is 3.04. The van der Waals surface area contributed by atoms with E-state index in [-0.39, 0.29) is 18.7 Å². The van der Waals surface area contributed by atoms with Gasteiger partial charge in [-0.3, -0.25) is 0 Å². The molecule has 9 nitrogen and oxygen atoms in total. The number of piperazine rings is 1. The summed E-state index contributed by atoms with van der Waals surface area (Å²) in [6.07, 6.45) is 2.69. The van der Waals surface area contributed by atoms with Gasteiger partial charge in [0.15, 0.2) is 0 Å². The molecule has 0 radical (unpaired) electrons. The first kappa shape index (κ1) is 26.9. The summed E-state index contributed by atoms with van der Waals surface area (Å²) in [6, 6.07) is 4.64. The van der Waals surface area contributed by atoms with Crippen molar-refractivity contribution in [3.63, 3.8) is 0 Å². The molecule has 0 aromatic heterocycles. The maximum atomic E-state index is 13.9. The van der Waals surface area contributed by atoms with Crippen molar-refractivity contribution in [1.82, 2.24) is 10.2 Å². The molecule has 1 aromatic carbocycles. The molecule has 0 bridgehead atoms. The van der Waals surface area contributed by atoms with Crippen LogP contribution in [0.3, 0.4) is 0 Å². The van der Waals surface area contributed by atoms with Gasteiger partial charge in [0.25, 0.3) is 0 Å². The largest absolute Gasteiger partial charge is 0.494 e. The van der Waals surface area contributed by atoms with Gasteiger partial charge in [-0.25, -0.2) is 18.8 Å². The second kappa shape index (κ2) is 14.0. The van der Waals surface area contributed by atoms with Crippen molar-refractivity contribution < 1.29 is 38.5 Å². The third-order valence-corrected chi connectivity index (χ3v) is 4.54. The molecule has 1 fully saturated rings. The van der Waals surface area contributed by atoms with Crippen LogP contribution in [-0.2, 0) is 20.9 Å². The summed E-state index contributed by atoms with van der Waals surface area (Å²) >= 11 is 0. The number of nitrogens with zero attached hydrogens (tertiary/aromatic N) is 1. The summed E-state index contributed by atoms with van der Waals surface area (Å²) in [4.78, 5) is 33.1. The van der Waals surface area contributed by atoms with Gasteiger partial charge in [0.05, 0.1) is 6.61 Å². The van der Waals surface area contributed by atoms with Gasteiger partial charge in [-0.15, -0.1) is 0 Å². The van der Waals surface area contributed by atoms with Crippen LogP contribution < -0.4 is 10.1 Å². The molecule has 1 aliphatic heterocycles. The van der Waals surface area contributed by atoms with E-state index in [2.05, 4.69) is 12.2 Å². The number of benzene rings is 1. The van der Waals surface area contributed by atoms with Crippen molar-refractivity contribution in [2.24, 2.45) is 0 Å². The van der Waals surface area contributed by atoms with E-state index in [0.717, 1.165) is 25.9 Å². The molecule has 1 saturated heterocycles. The lowest BCUT2D eigenvalue weighted by Crippen LogP contribution is -2.57. The summed E-state index contributed by atoms with van der Waals surface area (Å²) in [7, 11) is 0. The Morgan fingerprint density at radius 2 is 1.75 bits per heavy atom. The fourth-order valence-corrected chi connectivity index (χ4v) is 2.93. The van der Waals surface area contributed by atoms with Crippen LogP contribution in [0.2, 0.25) is 0 Å². The number of halogens is 1. The van der Waals surface area contributed by atoms with Gasteiger partial charge in [-0.05, 0) is 38.5 Å². The summed E-state index contributed by atoms with van der Waals surface area (Å²) in [5.41, 5.74) is 0.327. The van der Waals surface area contributed by atoms with Crippen LogP contribution in [-0.4, -0.2) is 64.9 Å². The number of hydrogen-bond donors (Lipinski definition) is 3. The molecule has 178 valence electrons. The smallest absolute Gasteiger partial charge is 0.410 e. The first-order valence-corrected chi connectivity index (χ1v) is 10.4. The number of aliphatic carboxylic acids is 2. The molecular weight excluding hydrogens is 423 g/mol. The van der Waals surface area contributed by atoms with Gasteiger partial charge in [0.2, 0.25) is 0 Å². The summed E-state index contributed by atoms with van der Waals surface area (Å²) in [5, 5.41) is 18.9. The van der Waals surface area contributed by atoms with E-state index >= 15 is 0 Å². The lowest BCUT2D eigenvalue weighted by molar-refractivity contribution is -0.134. The van der Waals surface area contributed by atoms with Gasteiger partial charge < -0.3 is 29.9 Å². The minimum Gasteiger partial charge on any atom is -0.494 e. The quantitative estimate of drug-likeness (QED) is 0.404. The molecular formula is C22H31FN2O7. The zero-order valence-electron chi connectivity index (χ0n) is 18.5. The van der Waals surface area contributed by atoms with E-state index in [1.165, 1.54) is 6.07 Å². The first-order valence-electron chi connectivity index (χ1n) is 10.4. The second-order valence-corrected chi connectivity index (χ2v) is 7.28. The van der Waals surface area contributed by atoms with Gasteiger partial charge in [-0.1, -0.05) is 13.3 Å². The number of nitrogens with one attached hydrogen (secondary N) is 1. The Hall–Kier alpha value is -3.14. The van der Waals surface area contributed by atoms with Gasteiger partial charge in [0, 0.05) is 42.9 Å². The highest BCUT2D eigenvalue weighted by Gasteiger charge is 2.30. The first-order chi connectivity index (χ1) is 15.1. The van der Waals surface area contributed by atoms with Gasteiger partial charge in [0.1, 0.15) is 18.2 Å². The Balaban J connectivity index is 0.000000547. The van der Waals surface area contributed by atoms with Crippen molar-refractivity contribution in [3.05, 3.63) is 41.7 Å². The Morgan fingerprint density at radius 3 is 2.28 bits per heavy atom. The van der Waals surface area contributed by atoms with E-state index in [0.29, 0.717) is 30.1 Å². The highest BCUT2D eigenvalue weighted by Crippen LogP contribution is 2.19. The molecule has 1 heterocycles. The topological polar surface area (TPSA) is 125 Å². The molecule has 0 unspecified atom stereocenters.